The van der Waals surface area contributed by atoms with E-state index in [-0.39, 0.29) is 0 Å². The second-order valence-electron chi connectivity index (χ2n) is 14.8. The van der Waals surface area contributed by atoms with Gasteiger partial charge in [-0.15, -0.1) is 0 Å². The molecule has 308 valence electrons. The molecule has 0 amide bonds. The van der Waals surface area contributed by atoms with Crippen LogP contribution < -0.4 is 0 Å². The lowest BCUT2D eigenvalue weighted by molar-refractivity contribution is 0.736. The SMILES string of the molecule is CC(C)C.CC(C)C.CC(C)C.CC(C)C.CC(C)c1ncc[nH]1.CC(C)c1ncccn1.c1c[nH]cn1.c1ccncc1.c1ccsc1.c1cncnc1. The van der Waals surface area contributed by atoms with Crippen molar-refractivity contribution in [3.8, 4) is 0 Å². The van der Waals surface area contributed by atoms with Crippen molar-refractivity contribution in [1.82, 2.24) is 44.9 Å². The molecule has 0 atom stereocenters. The van der Waals surface area contributed by atoms with Gasteiger partial charge in [0.05, 0.1) is 6.33 Å². The predicted molar refractivity (Wildman–Crippen MR) is 240 cm³/mol. The van der Waals surface area contributed by atoms with Crippen LogP contribution in [0, 0.1) is 23.7 Å². The third-order valence-corrected chi connectivity index (χ3v) is 4.67. The zero-order chi connectivity index (χ0) is 42.5. The average molecular weight is 776 g/mol. The van der Waals surface area contributed by atoms with Crippen LogP contribution >= 0.6 is 11.3 Å². The van der Waals surface area contributed by atoms with Crippen molar-refractivity contribution in [3.05, 3.63) is 139 Å². The fourth-order valence-electron chi connectivity index (χ4n) is 2.21. The molecule has 0 aromatic carbocycles. The van der Waals surface area contributed by atoms with Crippen molar-refractivity contribution in [2.75, 3.05) is 0 Å². The maximum atomic E-state index is 4.07. The van der Waals surface area contributed by atoms with E-state index < -0.39 is 0 Å². The highest BCUT2D eigenvalue weighted by Crippen LogP contribution is 2.06. The van der Waals surface area contributed by atoms with Crippen LogP contribution in [0.3, 0.4) is 0 Å². The average Bonchev–Trinajstić information content (AvgIpc) is 3.97. The molecule has 0 fully saturated rings. The molecule has 6 aromatic heterocycles. The Balaban J connectivity index is -0.000000267. The first-order valence-corrected chi connectivity index (χ1v) is 20.2. The van der Waals surface area contributed by atoms with Crippen molar-refractivity contribution in [1.29, 1.82) is 0 Å². The summed E-state index contributed by atoms with van der Waals surface area (Å²) in [5, 5.41) is 4.08. The molecule has 0 aliphatic rings. The van der Waals surface area contributed by atoms with Crippen LogP contribution in [0.5, 0.6) is 0 Å². The van der Waals surface area contributed by atoms with Crippen LogP contribution in [-0.2, 0) is 0 Å². The van der Waals surface area contributed by atoms with Crippen LogP contribution in [0.1, 0.15) is 134 Å². The van der Waals surface area contributed by atoms with Gasteiger partial charge in [0.2, 0.25) is 0 Å². The van der Waals surface area contributed by atoms with E-state index in [0.717, 1.165) is 35.3 Å². The molecule has 10 heteroatoms. The van der Waals surface area contributed by atoms with Gasteiger partial charge < -0.3 is 9.97 Å². The molecule has 6 rings (SSSR count). The quantitative estimate of drug-likeness (QED) is 0.179. The molecule has 0 radical (unpaired) electrons. The van der Waals surface area contributed by atoms with Gasteiger partial charge in [0, 0.05) is 73.8 Å². The molecule has 6 heterocycles. The summed E-state index contributed by atoms with van der Waals surface area (Å²) >= 11 is 1.71. The van der Waals surface area contributed by atoms with Gasteiger partial charge in [0.15, 0.2) is 0 Å². The highest BCUT2D eigenvalue weighted by molar-refractivity contribution is 7.07. The zero-order valence-electron chi connectivity index (χ0n) is 37.1. The molecule has 2 N–H and O–H groups in total. The Labute approximate surface area is 340 Å². The minimum atomic E-state index is 0.436. The largest absolute Gasteiger partial charge is 0.351 e. The molecule has 0 aliphatic heterocycles. The maximum absolute atomic E-state index is 4.07. The molecule has 0 aliphatic carbocycles. The Morgan fingerprint density at radius 1 is 0.418 bits per heavy atom. The van der Waals surface area contributed by atoms with Gasteiger partial charge in [0.1, 0.15) is 18.0 Å². The van der Waals surface area contributed by atoms with Gasteiger partial charge in [-0.2, -0.15) is 11.3 Å². The summed E-state index contributed by atoms with van der Waals surface area (Å²) in [5.74, 6) is 6.26. The summed E-state index contributed by atoms with van der Waals surface area (Å²) in [7, 11) is 0. The third-order valence-electron chi connectivity index (χ3n) is 4.04. The minimum Gasteiger partial charge on any atom is -0.351 e. The Kier molecular flexibility index (Phi) is 47.4. The second-order valence-corrected chi connectivity index (χ2v) is 15.6. The lowest BCUT2D eigenvalue weighted by Gasteiger charge is -1.98. The van der Waals surface area contributed by atoms with Crippen LogP contribution in [0.25, 0.3) is 0 Å². The van der Waals surface area contributed by atoms with E-state index in [4.69, 9.17) is 0 Å². The smallest absolute Gasteiger partial charge is 0.130 e. The summed E-state index contributed by atoms with van der Waals surface area (Å²) in [6, 6.07) is 13.4. The van der Waals surface area contributed by atoms with E-state index in [2.05, 4.69) is 156 Å². The van der Waals surface area contributed by atoms with E-state index in [9.17, 15) is 0 Å². The maximum Gasteiger partial charge on any atom is 0.130 e. The summed E-state index contributed by atoms with van der Waals surface area (Å²) in [5.41, 5.74) is 0. The first kappa shape index (κ1) is 57.2. The van der Waals surface area contributed by atoms with E-state index in [1.54, 1.807) is 79.5 Å². The highest BCUT2D eigenvalue weighted by Gasteiger charge is 1.98. The molecule has 6 aromatic rings. The van der Waals surface area contributed by atoms with Crippen LogP contribution in [0.4, 0.5) is 0 Å². The van der Waals surface area contributed by atoms with Crippen molar-refractivity contribution in [2.24, 2.45) is 23.7 Å². The first-order valence-electron chi connectivity index (χ1n) is 19.2. The number of H-pyrrole nitrogens is 2. The van der Waals surface area contributed by atoms with Gasteiger partial charge in [-0.25, -0.2) is 29.9 Å². The predicted octanol–water partition coefficient (Wildman–Crippen LogP) is 13.5. The minimum absolute atomic E-state index is 0.436. The number of rotatable bonds is 2. The van der Waals surface area contributed by atoms with Gasteiger partial charge >= 0.3 is 0 Å². The topological polar surface area (TPSA) is 122 Å². The van der Waals surface area contributed by atoms with Gasteiger partial charge in [-0.3, -0.25) is 4.98 Å². The molecular weight excluding hydrogens is 699 g/mol. The van der Waals surface area contributed by atoms with Crippen LogP contribution in [0.15, 0.2) is 128 Å². The number of hydrogen-bond acceptors (Lipinski definition) is 8. The Hall–Kier alpha value is -4.57. The molecule has 0 saturated heterocycles. The van der Waals surface area contributed by atoms with Crippen molar-refractivity contribution in [2.45, 2.75) is 123 Å². The van der Waals surface area contributed by atoms with Crippen LogP contribution in [0.2, 0.25) is 0 Å². The molecule has 9 nitrogen and oxygen atoms in total. The van der Waals surface area contributed by atoms with Gasteiger partial charge in [-0.1, -0.05) is 129 Å². The number of pyridine rings is 1. The fourth-order valence-corrected chi connectivity index (χ4v) is 2.66. The Morgan fingerprint density at radius 3 is 1.04 bits per heavy atom. The number of nitrogens with one attached hydrogen (secondary N) is 2. The lowest BCUT2D eigenvalue weighted by atomic mass is 10.2. The summed E-state index contributed by atoms with van der Waals surface area (Å²) < 4.78 is 0. The fraction of sp³-hybridized carbons (Fsp3) is 0.489. The number of aromatic nitrogens is 9. The number of nitrogens with zero attached hydrogens (tertiary/aromatic N) is 7. The molecule has 0 unspecified atom stereocenters. The normalized spacial score (nSPS) is 8.98. The molecule has 0 saturated carbocycles. The zero-order valence-corrected chi connectivity index (χ0v) is 37.9. The highest BCUT2D eigenvalue weighted by atomic mass is 32.1. The van der Waals surface area contributed by atoms with Crippen LogP contribution in [-0.4, -0.2) is 44.9 Å². The van der Waals surface area contributed by atoms with Crippen molar-refractivity contribution >= 4 is 11.3 Å². The standard InChI is InChI=1S/C7H10N2.C6H10N2.C5H5N.C4H4N2.C4H4S.4C4H10.C3H4N2/c1-6(2)7-8-4-3-5-9-7;1-5(2)6-7-3-4-8-6;1-2-4-6-5-3-1;1-2-5-4-6-3-1;1-2-4-5-3-1;4*1-4(2)3;1-2-5-3-4-1/h3-6H,1-2H3;3-5H,1-2H3,(H,7,8);1-5H;1-4H;1-4H;4*4H,1-3H3;1-3H,(H,4,5). The first-order chi connectivity index (χ1) is 26.0. The number of aromatic amines is 2. The van der Waals surface area contributed by atoms with Gasteiger partial charge in [0.25, 0.3) is 0 Å². The second kappa shape index (κ2) is 45.6. The van der Waals surface area contributed by atoms with E-state index in [0.29, 0.717) is 11.8 Å². The number of thiophene rings is 1. The lowest BCUT2D eigenvalue weighted by Crippen LogP contribution is -1.93. The Bertz CT molecular complexity index is 1200. The van der Waals surface area contributed by atoms with E-state index in [1.165, 1.54) is 6.33 Å². The summed E-state index contributed by atoms with van der Waals surface area (Å²) in [6.07, 6.45) is 20.6. The Morgan fingerprint density at radius 2 is 0.873 bits per heavy atom. The van der Waals surface area contributed by atoms with Gasteiger partial charge in [-0.05, 0) is 58.7 Å². The molecular formula is C45H77N9S. The summed E-state index contributed by atoms with van der Waals surface area (Å²) in [4.78, 5) is 32.8. The summed E-state index contributed by atoms with van der Waals surface area (Å²) in [6.45, 7) is 34.4. The molecule has 55 heavy (non-hydrogen) atoms. The van der Waals surface area contributed by atoms with Crippen molar-refractivity contribution < 1.29 is 0 Å². The third kappa shape index (κ3) is 68.0. The molecule has 0 bridgehead atoms. The van der Waals surface area contributed by atoms with E-state index in [1.807, 2.05) is 53.4 Å². The van der Waals surface area contributed by atoms with Crippen molar-refractivity contribution in [3.63, 3.8) is 0 Å². The monoisotopic (exact) mass is 776 g/mol. The molecule has 0 spiro atoms. The van der Waals surface area contributed by atoms with E-state index >= 15 is 0 Å². The number of imidazole rings is 2. The number of hydrogen-bond donors (Lipinski definition) is 2.